The van der Waals surface area contributed by atoms with Crippen molar-refractivity contribution < 1.29 is 14.6 Å². The molecule has 1 heterocycles. The van der Waals surface area contributed by atoms with Crippen molar-refractivity contribution in [3.8, 4) is 5.88 Å². The number of carbonyl (C=O) groups is 1. The van der Waals surface area contributed by atoms with Crippen LogP contribution in [0.3, 0.4) is 0 Å². The highest BCUT2D eigenvalue weighted by Gasteiger charge is 2.02. The van der Waals surface area contributed by atoms with Crippen molar-refractivity contribution in [2.24, 2.45) is 0 Å². The van der Waals surface area contributed by atoms with E-state index in [2.05, 4.69) is 9.97 Å². The van der Waals surface area contributed by atoms with E-state index < -0.39 is 5.97 Å². The standard InChI is InChI=1S/C8H10N2O3S/c1-13-6-2-4-9-8(10-6)14-5-3-7(11)12/h2,4H,3,5H2,1H3,(H,11,12). The number of rotatable bonds is 5. The summed E-state index contributed by atoms with van der Waals surface area (Å²) in [6, 6.07) is 1.64. The number of carboxylic acids is 1. The average molecular weight is 214 g/mol. The molecule has 0 atom stereocenters. The van der Waals surface area contributed by atoms with Crippen molar-refractivity contribution in [1.82, 2.24) is 9.97 Å². The van der Waals surface area contributed by atoms with Crippen molar-refractivity contribution >= 4 is 17.7 Å². The van der Waals surface area contributed by atoms with Crippen LogP contribution in [-0.4, -0.2) is 33.9 Å². The molecular formula is C8H10N2O3S. The summed E-state index contributed by atoms with van der Waals surface area (Å²) in [5, 5.41) is 8.95. The van der Waals surface area contributed by atoms with Gasteiger partial charge in [0.05, 0.1) is 13.5 Å². The molecule has 0 aliphatic heterocycles. The van der Waals surface area contributed by atoms with Crippen LogP contribution in [0.5, 0.6) is 5.88 Å². The van der Waals surface area contributed by atoms with Crippen molar-refractivity contribution in [3.05, 3.63) is 12.3 Å². The van der Waals surface area contributed by atoms with Crippen molar-refractivity contribution in [2.75, 3.05) is 12.9 Å². The Hall–Kier alpha value is -1.30. The third kappa shape index (κ3) is 3.61. The summed E-state index contributed by atoms with van der Waals surface area (Å²) in [6.45, 7) is 0. The van der Waals surface area contributed by atoms with Gasteiger partial charge in [0.2, 0.25) is 5.88 Å². The zero-order chi connectivity index (χ0) is 10.4. The van der Waals surface area contributed by atoms with Crippen molar-refractivity contribution in [1.29, 1.82) is 0 Å². The Kier molecular flexibility index (Phi) is 4.18. The normalized spacial score (nSPS) is 9.79. The highest BCUT2D eigenvalue weighted by Crippen LogP contribution is 2.15. The zero-order valence-corrected chi connectivity index (χ0v) is 8.45. The van der Waals surface area contributed by atoms with Gasteiger partial charge < -0.3 is 9.84 Å². The number of ether oxygens (including phenoxy) is 1. The van der Waals surface area contributed by atoms with Crippen LogP contribution < -0.4 is 4.74 Å². The molecule has 1 aromatic rings. The number of hydrogen-bond acceptors (Lipinski definition) is 5. The lowest BCUT2D eigenvalue weighted by molar-refractivity contribution is -0.136. The van der Waals surface area contributed by atoms with E-state index in [0.29, 0.717) is 16.8 Å². The lowest BCUT2D eigenvalue weighted by atomic mass is 10.5. The number of hydrogen-bond donors (Lipinski definition) is 1. The molecule has 0 bridgehead atoms. The van der Waals surface area contributed by atoms with Crippen molar-refractivity contribution in [2.45, 2.75) is 11.6 Å². The first-order valence-corrected chi connectivity index (χ1v) is 4.92. The Morgan fingerprint density at radius 1 is 1.71 bits per heavy atom. The second kappa shape index (κ2) is 5.43. The molecule has 0 aliphatic rings. The molecule has 0 spiro atoms. The molecule has 0 aromatic carbocycles. The first-order valence-electron chi connectivity index (χ1n) is 3.94. The highest BCUT2D eigenvalue weighted by atomic mass is 32.2. The summed E-state index contributed by atoms with van der Waals surface area (Å²) < 4.78 is 4.90. The average Bonchev–Trinajstić information content (AvgIpc) is 2.18. The Morgan fingerprint density at radius 2 is 2.50 bits per heavy atom. The first-order chi connectivity index (χ1) is 6.72. The van der Waals surface area contributed by atoms with Gasteiger partial charge in [-0.15, -0.1) is 0 Å². The number of thioether (sulfide) groups is 1. The van der Waals surface area contributed by atoms with E-state index in [9.17, 15) is 4.79 Å². The Bertz CT molecular complexity index is 319. The van der Waals surface area contributed by atoms with Gasteiger partial charge >= 0.3 is 5.97 Å². The molecular weight excluding hydrogens is 204 g/mol. The number of aliphatic carboxylic acids is 1. The molecule has 0 saturated carbocycles. The molecule has 1 N–H and O–H groups in total. The largest absolute Gasteiger partial charge is 0.481 e. The SMILES string of the molecule is COc1ccnc(SCCC(=O)O)n1. The maximum Gasteiger partial charge on any atom is 0.304 e. The van der Waals surface area contributed by atoms with Gasteiger partial charge in [-0.1, -0.05) is 11.8 Å². The quantitative estimate of drug-likeness (QED) is 0.583. The maximum absolute atomic E-state index is 10.2. The fourth-order valence-corrected chi connectivity index (χ4v) is 1.49. The molecule has 0 amide bonds. The summed E-state index contributed by atoms with van der Waals surface area (Å²) in [4.78, 5) is 18.2. The molecule has 0 unspecified atom stereocenters. The second-order valence-electron chi connectivity index (χ2n) is 2.37. The van der Waals surface area contributed by atoms with E-state index in [1.807, 2.05) is 0 Å². The van der Waals surface area contributed by atoms with Crippen LogP contribution in [0.25, 0.3) is 0 Å². The van der Waals surface area contributed by atoms with Crippen LogP contribution in [0.2, 0.25) is 0 Å². The minimum Gasteiger partial charge on any atom is -0.481 e. The zero-order valence-electron chi connectivity index (χ0n) is 7.64. The minimum absolute atomic E-state index is 0.102. The fourth-order valence-electron chi connectivity index (χ4n) is 0.738. The fraction of sp³-hybridized carbons (Fsp3) is 0.375. The molecule has 1 rings (SSSR count). The lowest BCUT2D eigenvalue weighted by Crippen LogP contribution is -1.97. The van der Waals surface area contributed by atoms with E-state index in [1.54, 1.807) is 12.3 Å². The van der Waals surface area contributed by atoms with E-state index in [1.165, 1.54) is 18.9 Å². The van der Waals surface area contributed by atoms with E-state index >= 15 is 0 Å². The number of nitrogens with zero attached hydrogens (tertiary/aromatic N) is 2. The van der Waals surface area contributed by atoms with Gasteiger partial charge in [-0.25, -0.2) is 4.98 Å². The van der Waals surface area contributed by atoms with Crippen LogP contribution in [0.1, 0.15) is 6.42 Å². The van der Waals surface area contributed by atoms with Crippen LogP contribution in [-0.2, 0) is 4.79 Å². The summed E-state index contributed by atoms with van der Waals surface area (Å²) in [7, 11) is 1.52. The predicted molar refractivity (Wildman–Crippen MR) is 51.6 cm³/mol. The summed E-state index contributed by atoms with van der Waals surface area (Å²) in [5.41, 5.74) is 0. The van der Waals surface area contributed by atoms with Crippen LogP contribution >= 0.6 is 11.8 Å². The highest BCUT2D eigenvalue weighted by molar-refractivity contribution is 7.99. The monoisotopic (exact) mass is 214 g/mol. The third-order valence-corrected chi connectivity index (χ3v) is 2.23. The maximum atomic E-state index is 10.2. The van der Waals surface area contributed by atoms with E-state index in [-0.39, 0.29) is 6.42 Å². The topological polar surface area (TPSA) is 72.3 Å². The molecule has 0 fully saturated rings. The smallest absolute Gasteiger partial charge is 0.304 e. The van der Waals surface area contributed by atoms with Gasteiger partial charge in [0.15, 0.2) is 5.16 Å². The van der Waals surface area contributed by atoms with Gasteiger partial charge in [-0.3, -0.25) is 4.79 Å². The van der Waals surface area contributed by atoms with Crippen LogP contribution in [0, 0.1) is 0 Å². The number of carboxylic acid groups (broad SMARTS) is 1. The Morgan fingerprint density at radius 3 is 3.14 bits per heavy atom. The molecule has 14 heavy (non-hydrogen) atoms. The second-order valence-corrected chi connectivity index (χ2v) is 3.44. The molecule has 1 aromatic heterocycles. The molecule has 5 nitrogen and oxygen atoms in total. The Labute approximate surface area is 85.5 Å². The van der Waals surface area contributed by atoms with Crippen LogP contribution in [0.15, 0.2) is 17.4 Å². The lowest BCUT2D eigenvalue weighted by Gasteiger charge is -2.00. The molecule has 76 valence electrons. The van der Waals surface area contributed by atoms with Gasteiger partial charge in [0, 0.05) is 18.0 Å². The summed E-state index contributed by atoms with van der Waals surface area (Å²) in [6.07, 6.45) is 1.68. The molecule has 0 radical (unpaired) electrons. The summed E-state index contributed by atoms with van der Waals surface area (Å²) >= 11 is 1.30. The van der Waals surface area contributed by atoms with Crippen LogP contribution in [0.4, 0.5) is 0 Å². The van der Waals surface area contributed by atoms with Gasteiger partial charge in [-0.05, 0) is 0 Å². The van der Waals surface area contributed by atoms with Gasteiger partial charge in [0.25, 0.3) is 0 Å². The third-order valence-electron chi connectivity index (χ3n) is 1.36. The van der Waals surface area contributed by atoms with Gasteiger partial charge in [0.1, 0.15) is 0 Å². The van der Waals surface area contributed by atoms with Gasteiger partial charge in [-0.2, -0.15) is 4.98 Å². The summed E-state index contributed by atoms with van der Waals surface area (Å²) in [5.74, 6) is 0.126. The first kappa shape index (κ1) is 10.8. The Balaban J connectivity index is 2.46. The van der Waals surface area contributed by atoms with Crippen molar-refractivity contribution in [3.63, 3.8) is 0 Å². The van der Waals surface area contributed by atoms with E-state index in [4.69, 9.17) is 9.84 Å². The molecule has 0 aliphatic carbocycles. The number of methoxy groups -OCH3 is 1. The molecule has 0 saturated heterocycles. The number of aromatic nitrogens is 2. The minimum atomic E-state index is -0.819. The molecule has 6 heteroatoms. The predicted octanol–water partition coefficient (Wildman–Crippen LogP) is 1.05. The van der Waals surface area contributed by atoms with E-state index in [0.717, 1.165) is 0 Å².